The zero-order valence-electron chi connectivity index (χ0n) is 40.0. The average molecular weight is 1030 g/mol. The average Bonchev–Trinajstić information content (AvgIpc) is 3.86. The largest absolute Gasteiger partial charge is 0.408 e. The molecular weight excluding hydrogens is 989 g/mol. The van der Waals surface area contributed by atoms with E-state index in [1.54, 1.807) is 19.2 Å². The molecule has 0 saturated heterocycles. The SMILES string of the molecule is Cc1nc2c(F)cc(-c3nc(Nc4ccc5c(n4)CCN(CCN(C)Cc4nc(Nc6ccc7c(n6)CCNC7)nc(-c6cc(F)c7nc(C)n(C(C)C(F)(F)F)c7c6)c4F)C5)ncc3F)cc2n1CC(F)(F)F. The number of aryl methyl sites for hydroxylation is 2. The number of benzene rings is 2. The van der Waals surface area contributed by atoms with Gasteiger partial charge in [-0.2, -0.15) is 26.3 Å². The standard InChI is InChI=1S/C49H45F10N15/c1-24(49(57,58)59)74-26(3)63-45-32(51)16-30(18-38(45)74)43-41(53)36(66-47(70-43)68-40-7-5-27-19-60-11-9-34(27)64-40)22-71(4)13-14-72-12-10-35-28(21-72)6-8-39(65-35)67-46-61-20-33(52)42(69-46)29-15-31(50)44-37(17-29)73(25(2)62-44)23-48(54,55)56/h5-8,15-18,20,24,60H,9-14,19,21-23H2,1-4H3,(H,61,65,67,69)(H,64,66,68,70). The number of hydrogen-bond donors (Lipinski definition) is 3. The van der Waals surface area contributed by atoms with E-state index in [9.17, 15) is 26.3 Å². The number of anilines is 4. The highest BCUT2D eigenvalue weighted by Gasteiger charge is 2.39. The molecule has 0 radical (unpaired) electrons. The molecule has 8 heterocycles. The van der Waals surface area contributed by atoms with Crippen molar-refractivity contribution in [2.75, 3.05) is 43.9 Å². The van der Waals surface area contributed by atoms with Crippen molar-refractivity contribution in [1.29, 1.82) is 0 Å². The van der Waals surface area contributed by atoms with Gasteiger partial charge in [0, 0.05) is 81.2 Å². The summed E-state index contributed by atoms with van der Waals surface area (Å²) in [6.45, 7) is 5.58. The fraction of sp³-hybridized carbons (Fsp3) is 0.347. The number of rotatable bonds is 13. The molecule has 10 rings (SSSR count). The van der Waals surface area contributed by atoms with Crippen LogP contribution in [0.15, 0.2) is 54.7 Å². The highest BCUT2D eigenvalue weighted by molar-refractivity contribution is 5.84. The number of nitrogens with one attached hydrogen (secondary N) is 3. The lowest BCUT2D eigenvalue weighted by Crippen LogP contribution is -2.37. The molecule has 0 fully saturated rings. The molecule has 0 aliphatic carbocycles. The lowest BCUT2D eigenvalue weighted by Gasteiger charge is -2.30. The minimum atomic E-state index is -4.68. The molecule has 2 aliphatic heterocycles. The summed E-state index contributed by atoms with van der Waals surface area (Å²) in [5.74, 6) is -3.29. The van der Waals surface area contributed by atoms with Crippen LogP contribution in [0.25, 0.3) is 44.6 Å². The molecule has 386 valence electrons. The van der Waals surface area contributed by atoms with Crippen LogP contribution in [0, 0.1) is 37.1 Å². The molecular formula is C49H45F10N15. The molecule has 2 aromatic carbocycles. The van der Waals surface area contributed by atoms with Crippen molar-refractivity contribution >= 4 is 45.6 Å². The Kier molecular flexibility index (Phi) is 13.2. The first-order valence-electron chi connectivity index (χ1n) is 23.4. The van der Waals surface area contributed by atoms with Gasteiger partial charge in [0.2, 0.25) is 11.9 Å². The normalized spacial score (nSPS) is 14.7. The third-order valence-corrected chi connectivity index (χ3v) is 13.1. The van der Waals surface area contributed by atoms with Crippen molar-refractivity contribution in [3.63, 3.8) is 0 Å². The highest BCUT2D eigenvalue weighted by Crippen LogP contribution is 2.37. The Morgan fingerprint density at radius 1 is 0.716 bits per heavy atom. The van der Waals surface area contributed by atoms with Crippen LogP contribution in [0.1, 0.15) is 52.8 Å². The van der Waals surface area contributed by atoms with E-state index in [1.807, 2.05) is 17.0 Å². The topological polar surface area (TPSA) is 156 Å². The molecule has 15 nitrogen and oxygen atoms in total. The van der Waals surface area contributed by atoms with E-state index < -0.39 is 48.2 Å². The van der Waals surface area contributed by atoms with Crippen LogP contribution in [-0.2, 0) is 39.0 Å². The first-order valence-corrected chi connectivity index (χ1v) is 23.4. The zero-order valence-corrected chi connectivity index (χ0v) is 40.0. The second kappa shape index (κ2) is 19.5. The quantitative estimate of drug-likeness (QED) is 0.0940. The molecule has 25 heteroatoms. The number of pyridine rings is 2. The van der Waals surface area contributed by atoms with Crippen molar-refractivity contribution in [2.24, 2.45) is 0 Å². The first kappa shape index (κ1) is 50.2. The van der Waals surface area contributed by atoms with Crippen LogP contribution < -0.4 is 16.0 Å². The summed E-state index contributed by atoms with van der Waals surface area (Å²) >= 11 is 0. The second-order valence-corrected chi connectivity index (χ2v) is 18.4. The van der Waals surface area contributed by atoms with E-state index in [0.29, 0.717) is 57.2 Å². The van der Waals surface area contributed by atoms with Gasteiger partial charge in [-0.25, -0.2) is 57.4 Å². The minimum Gasteiger partial charge on any atom is -0.319 e. The van der Waals surface area contributed by atoms with Gasteiger partial charge < -0.3 is 25.1 Å². The van der Waals surface area contributed by atoms with Crippen LogP contribution in [0.5, 0.6) is 0 Å². The molecule has 74 heavy (non-hydrogen) atoms. The molecule has 0 saturated carbocycles. The van der Waals surface area contributed by atoms with Crippen molar-refractivity contribution in [1.82, 2.24) is 64.1 Å². The van der Waals surface area contributed by atoms with Gasteiger partial charge in [-0.05, 0) is 75.3 Å². The van der Waals surface area contributed by atoms with Gasteiger partial charge in [0.1, 0.15) is 58.3 Å². The lowest BCUT2D eigenvalue weighted by atomic mass is 10.1. The predicted octanol–water partition coefficient (Wildman–Crippen LogP) is 9.57. The van der Waals surface area contributed by atoms with Crippen LogP contribution >= 0.6 is 0 Å². The van der Waals surface area contributed by atoms with Gasteiger partial charge in [-0.3, -0.25) is 9.80 Å². The number of hydrogen-bond acceptors (Lipinski definition) is 13. The number of imidazole rings is 2. The van der Waals surface area contributed by atoms with E-state index >= 15 is 17.6 Å². The number of fused-ring (bicyclic) bond motifs is 4. The molecule has 1 unspecified atom stereocenters. The molecule has 8 aromatic rings. The maximum Gasteiger partial charge on any atom is 0.408 e. The summed E-state index contributed by atoms with van der Waals surface area (Å²) < 4.78 is 147. The number of alkyl halides is 6. The van der Waals surface area contributed by atoms with Crippen molar-refractivity contribution in [3.05, 3.63) is 118 Å². The Bertz CT molecular complexity index is 3460. The Morgan fingerprint density at radius 2 is 1.35 bits per heavy atom. The molecule has 0 spiro atoms. The fourth-order valence-corrected chi connectivity index (χ4v) is 9.35. The summed E-state index contributed by atoms with van der Waals surface area (Å²) in [5, 5.41) is 9.29. The van der Waals surface area contributed by atoms with E-state index in [1.165, 1.54) is 26.0 Å². The van der Waals surface area contributed by atoms with Crippen LogP contribution in [0.3, 0.4) is 0 Å². The van der Waals surface area contributed by atoms with Gasteiger partial charge in [-0.1, -0.05) is 12.1 Å². The monoisotopic (exact) mass is 1030 g/mol. The van der Waals surface area contributed by atoms with Gasteiger partial charge >= 0.3 is 12.4 Å². The summed E-state index contributed by atoms with van der Waals surface area (Å²) in [7, 11) is 1.78. The highest BCUT2D eigenvalue weighted by atomic mass is 19.4. The molecule has 2 aliphatic rings. The number of halogens is 10. The zero-order chi connectivity index (χ0) is 52.4. The molecule has 6 aromatic heterocycles. The van der Waals surface area contributed by atoms with E-state index in [-0.39, 0.29) is 80.4 Å². The van der Waals surface area contributed by atoms with E-state index in [4.69, 9.17) is 9.97 Å². The molecule has 1 atom stereocenters. The van der Waals surface area contributed by atoms with Crippen LogP contribution in [-0.4, -0.2) is 104 Å². The Labute approximate surface area is 415 Å². The number of aromatic nitrogens is 10. The molecule has 3 N–H and O–H groups in total. The summed E-state index contributed by atoms with van der Waals surface area (Å²) in [6.07, 6.45) is -7.24. The Hall–Kier alpha value is -7.38. The summed E-state index contributed by atoms with van der Waals surface area (Å²) in [6, 6.07) is 9.51. The van der Waals surface area contributed by atoms with E-state index in [0.717, 1.165) is 63.4 Å². The van der Waals surface area contributed by atoms with Gasteiger partial charge in [0.05, 0.1) is 22.9 Å². The maximum absolute atomic E-state index is 16.8. The third kappa shape index (κ3) is 10.3. The van der Waals surface area contributed by atoms with Crippen molar-refractivity contribution in [2.45, 2.75) is 78.2 Å². The molecule has 0 bridgehead atoms. The van der Waals surface area contributed by atoms with Gasteiger partial charge in [0.25, 0.3) is 0 Å². The fourth-order valence-electron chi connectivity index (χ4n) is 9.35. The predicted molar refractivity (Wildman–Crippen MR) is 253 cm³/mol. The Balaban J connectivity index is 0.847. The minimum absolute atomic E-state index is 0.0353. The molecule has 0 amide bonds. The summed E-state index contributed by atoms with van der Waals surface area (Å²) in [5.41, 5.74) is 1.64. The summed E-state index contributed by atoms with van der Waals surface area (Å²) in [4.78, 5) is 38.7. The smallest absolute Gasteiger partial charge is 0.319 e. The van der Waals surface area contributed by atoms with Crippen LogP contribution in [0.4, 0.5) is 67.4 Å². The van der Waals surface area contributed by atoms with Crippen molar-refractivity contribution in [3.8, 4) is 22.5 Å². The number of nitrogens with zero attached hydrogens (tertiary/aromatic N) is 12. The van der Waals surface area contributed by atoms with Crippen LogP contribution in [0.2, 0.25) is 0 Å². The number of likely N-dealkylation sites (N-methyl/N-ethyl adjacent to an activating group) is 1. The lowest BCUT2D eigenvalue weighted by molar-refractivity contribution is -0.162. The maximum atomic E-state index is 16.8. The van der Waals surface area contributed by atoms with E-state index in [2.05, 4.69) is 50.8 Å². The Morgan fingerprint density at radius 3 is 2.07 bits per heavy atom. The first-order chi connectivity index (χ1) is 35.1. The van der Waals surface area contributed by atoms with Gasteiger partial charge in [-0.15, -0.1) is 0 Å². The third-order valence-electron chi connectivity index (χ3n) is 13.1. The van der Waals surface area contributed by atoms with Crippen molar-refractivity contribution < 1.29 is 43.9 Å². The van der Waals surface area contributed by atoms with Gasteiger partial charge in [0.15, 0.2) is 23.3 Å². The second-order valence-electron chi connectivity index (χ2n) is 18.4.